The summed E-state index contributed by atoms with van der Waals surface area (Å²) in [5.41, 5.74) is 0.851. The summed E-state index contributed by atoms with van der Waals surface area (Å²) in [6, 6.07) is 7.06. The van der Waals surface area contributed by atoms with Gasteiger partial charge >= 0.3 is 0 Å². The van der Waals surface area contributed by atoms with Gasteiger partial charge in [0.25, 0.3) is 0 Å². The second kappa shape index (κ2) is 3.33. The molecule has 4 nitrogen and oxygen atoms in total. The minimum Gasteiger partial charge on any atom is -0.296 e. The SMILES string of the molecule is O=Cc1nc(C=O)c2ccccc2n1. The highest BCUT2D eigenvalue weighted by molar-refractivity contribution is 5.95. The Labute approximate surface area is 79.6 Å². The third-order valence-electron chi connectivity index (χ3n) is 1.87. The van der Waals surface area contributed by atoms with E-state index in [4.69, 9.17) is 0 Å². The first-order chi connectivity index (χ1) is 6.85. The molecule has 14 heavy (non-hydrogen) atoms. The molecule has 0 amide bonds. The number of carbonyl (C=O) groups is 2. The number of benzene rings is 1. The molecule has 2 rings (SSSR count). The van der Waals surface area contributed by atoms with Crippen LogP contribution in [-0.4, -0.2) is 22.5 Å². The van der Waals surface area contributed by atoms with Gasteiger partial charge in [-0.25, -0.2) is 9.97 Å². The van der Waals surface area contributed by atoms with E-state index in [2.05, 4.69) is 9.97 Å². The molecule has 1 heterocycles. The third-order valence-corrected chi connectivity index (χ3v) is 1.87. The molecule has 4 heteroatoms. The highest BCUT2D eigenvalue weighted by atomic mass is 16.1. The lowest BCUT2D eigenvalue weighted by atomic mass is 10.2. The molecule has 0 aliphatic rings. The number of aldehydes is 2. The largest absolute Gasteiger partial charge is 0.296 e. The monoisotopic (exact) mass is 186 g/mol. The second-order valence-electron chi connectivity index (χ2n) is 2.72. The van der Waals surface area contributed by atoms with Crippen LogP contribution < -0.4 is 0 Å². The predicted molar refractivity (Wildman–Crippen MR) is 50.3 cm³/mol. The van der Waals surface area contributed by atoms with Gasteiger partial charge in [-0.2, -0.15) is 0 Å². The van der Waals surface area contributed by atoms with Crippen LogP contribution in [0, 0.1) is 0 Å². The van der Waals surface area contributed by atoms with E-state index >= 15 is 0 Å². The van der Waals surface area contributed by atoms with Gasteiger partial charge in [0.15, 0.2) is 18.4 Å². The van der Waals surface area contributed by atoms with Crippen LogP contribution in [0.2, 0.25) is 0 Å². The van der Waals surface area contributed by atoms with Gasteiger partial charge in [-0.1, -0.05) is 18.2 Å². The molecule has 0 saturated heterocycles. The Hall–Kier alpha value is -2.10. The average molecular weight is 186 g/mol. The van der Waals surface area contributed by atoms with E-state index in [1.165, 1.54) is 0 Å². The summed E-state index contributed by atoms with van der Waals surface area (Å²) in [5, 5.41) is 0.660. The van der Waals surface area contributed by atoms with Gasteiger partial charge in [0, 0.05) is 5.39 Å². The molecule has 0 spiro atoms. The van der Waals surface area contributed by atoms with Gasteiger partial charge in [-0.05, 0) is 6.07 Å². The maximum atomic E-state index is 10.7. The molecule has 0 aliphatic heterocycles. The number of hydrogen-bond donors (Lipinski definition) is 0. The van der Waals surface area contributed by atoms with Crippen LogP contribution in [0.5, 0.6) is 0 Å². The minimum atomic E-state index is 0.0331. The Morgan fingerprint density at radius 1 is 1.00 bits per heavy atom. The molecule has 68 valence electrons. The molecule has 0 saturated carbocycles. The number of carbonyl (C=O) groups excluding carboxylic acids is 2. The average Bonchev–Trinajstić information content (AvgIpc) is 2.27. The fraction of sp³-hybridized carbons (Fsp3) is 0. The van der Waals surface area contributed by atoms with Crippen molar-refractivity contribution in [3.8, 4) is 0 Å². The number of fused-ring (bicyclic) bond motifs is 1. The zero-order valence-electron chi connectivity index (χ0n) is 7.18. The molecule has 1 aromatic heterocycles. The van der Waals surface area contributed by atoms with E-state index < -0.39 is 0 Å². The molecule has 0 unspecified atom stereocenters. The van der Waals surface area contributed by atoms with Gasteiger partial charge in [0.2, 0.25) is 0 Å². The van der Waals surface area contributed by atoms with Crippen LogP contribution in [0.1, 0.15) is 21.1 Å². The van der Waals surface area contributed by atoms with Crippen LogP contribution >= 0.6 is 0 Å². The fourth-order valence-corrected chi connectivity index (χ4v) is 1.26. The third kappa shape index (κ3) is 1.26. The number of para-hydroxylation sites is 1. The molecule has 0 aliphatic carbocycles. The van der Waals surface area contributed by atoms with Crippen molar-refractivity contribution in [2.24, 2.45) is 0 Å². The van der Waals surface area contributed by atoms with Gasteiger partial charge in [0.05, 0.1) is 5.52 Å². The summed E-state index contributed by atoms with van der Waals surface area (Å²) >= 11 is 0. The molecular formula is C10H6N2O2. The predicted octanol–water partition coefficient (Wildman–Crippen LogP) is 1.25. The Kier molecular flexibility index (Phi) is 2.02. The van der Waals surface area contributed by atoms with E-state index in [1.807, 2.05) is 0 Å². The van der Waals surface area contributed by atoms with Crippen molar-refractivity contribution in [2.75, 3.05) is 0 Å². The fourth-order valence-electron chi connectivity index (χ4n) is 1.26. The van der Waals surface area contributed by atoms with E-state index in [1.54, 1.807) is 24.3 Å². The molecule has 1 aromatic carbocycles. The van der Waals surface area contributed by atoms with Crippen LogP contribution in [0.25, 0.3) is 10.9 Å². The lowest BCUT2D eigenvalue weighted by Crippen LogP contribution is -1.98. The highest BCUT2D eigenvalue weighted by Gasteiger charge is 2.04. The van der Waals surface area contributed by atoms with E-state index in [0.29, 0.717) is 23.5 Å². The van der Waals surface area contributed by atoms with E-state index in [9.17, 15) is 9.59 Å². The van der Waals surface area contributed by atoms with Gasteiger partial charge in [-0.15, -0.1) is 0 Å². The van der Waals surface area contributed by atoms with Gasteiger partial charge < -0.3 is 0 Å². The molecule has 0 atom stereocenters. The summed E-state index contributed by atoms with van der Waals surface area (Å²) in [6.07, 6.45) is 1.15. The Bertz CT molecular complexity index is 508. The van der Waals surface area contributed by atoms with Crippen molar-refractivity contribution in [3.05, 3.63) is 35.8 Å². The lowest BCUT2D eigenvalue weighted by molar-refractivity contribution is 0.111. The molecule has 0 radical (unpaired) electrons. The first-order valence-corrected chi connectivity index (χ1v) is 4.02. The topological polar surface area (TPSA) is 59.9 Å². The van der Waals surface area contributed by atoms with Crippen molar-refractivity contribution in [1.82, 2.24) is 9.97 Å². The van der Waals surface area contributed by atoms with Gasteiger partial charge in [-0.3, -0.25) is 9.59 Å². The van der Waals surface area contributed by atoms with Gasteiger partial charge in [0.1, 0.15) is 5.69 Å². The maximum Gasteiger partial charge on any atom is 0.193 e. The van der Waals surface area contributed by atoms with Crippen molar-refractivity contribution in [2.45, 2.75) is 0 Å². The quantitative estimate of drug-likeness (QED) is 0.662. The van der Waals surface area contributed by atoms with Crippen molar-refractivity contribution in [3.63, 3.8) is 0 Å². The Balaban J connectivity index is 2.86. The van der Waals surface area contributed by atoms with Crippen LogP contribution in [0.15, 0.2) is 24.3 Å². The van der Waals surface area contributed by atoms with E-state index in [0.717, 1.165) is 0 Å². The minimum absolute atomic E-state index is 0.0331. The first kappa shape index (κ1) is 8.50. The molecule has 0 bridgehead atoms. The van der Waals surface area contributed by atoms with Crippen molar-refractivity contribution in [1.29, 1.82) is 0 Å². The summed E-state index contributed by atoms with van der Waals surface area (Å²) in [5.74, 6) is 0.0331. The number of hydrogen-bond acceptors (Lipinski definition) is 4. The Morgan fingerprint density at radius 3 is 2.50 bits per heavy atom. The second-order valence-corrected chi connectivity index (χ2v) is 2.72. The van der Waals surface area contributed by atoms with Crippen molar-refractivity contribution < 1.29 is 9.59 Å². The zero-order valence-corrected chi connectivity index (χ0v) is 7.18. The maximum absolute atomic E-state index is 10.7. The van der Waals surface area contributed by atoms with Crippen LogP contribution in [0.4, 0.5) is 0 Å². The molecule has 0 N–H and O–H groups in total. The normalized spacial score (nSPS) is 10.0. The summed E-state index contributed by atoms with van der Waals surface area (Å²) < 4.78 is 0. The smallest absolute Gasteiger partial charge is 0.193 e. The number of aromatic nitrogens is 2. The summed E-state index contributed by atoms with van der Waals surface area (Å²) in [4.78, 5) is 28.9. The number of rotatable bonds is 2. The summed E-state index contributed by atoms with van der Waals surface area (Å²) in [7, 11) is 0. The van der Waals surface area contributed by atoms with Crippen molar-refractivity contribution >= 4 is 23.5 Å². The molecule has 2 aromatic rings. The highest BCUT2D eigenvalue weighted by Crippen LogP contribution is 2.13. The standard InChI is InChI=1S/C10H6N2O2/c13-5-9-7-3-1-2-4-8(7)11-10(6-14)12-9/h1-6H. The zero-order chi connectivity index (χ0) is 9.97. The molecular weight excluding hydrogens is 180 g/mol. The van der Waals surface area contributed by atoms with E-state index in [-0.39, 0.29) is 11.5 Å². The van der Waals surface area contributed by atoms with Crippen LogP contribution in [-0.2, 0) is 0 Å². The molecule has 0 fully saturated rings. The summed E-state index contributed by atoms with van der Waals surface area (Å²) in [6.45, 7) is 0. The Morgan fingerprint density at radius 2 is 1.79 bits per heavy atom. The lowest BCUT2D eigenvalue weighted by Gasteiger charge is -1.99. The van der Waals surface area contributed by atoms with Crippen LogP contribution in [0.3, 0.4) is 0 Å². The number of nitrogens with zero attached hydrogens (tertiary/aromatic N) is 2. The first-order valence-electron chi connectivity index (χ1n) is 4.02.